The highest BCUT2D eigenvalue weighted by Gasteiger charge is 2.19. The minimum absolute atomic E-state index is 0.591. The highest BCUT2D eigenvalue weighted by molar-refractivity contribution is 6.55. The van der Waals surface area contributed by atoms with E-state index in [2.05, 4.69) is 31.8 Å². The van der Waals surface area contributed by atoms with Crippen LogP contribution in [-0.2, 0) is 0 Å². The van der Waals surface area contributed by atoms with Gasteiger partial charge in [0, 0.05) is 0 Å². The summed E-state index contributed by atoms with van der Waals surface area (Å²) in [5.41, 5.74) is 0. The third-order valence-electron chi connectivity index (χ3n) is 4.51. The summed E-state index contributed by atoms with van der Waals surface area (Å²) in [6, 6.07) is 0. The second-order valence-corrected chi connectivity index (χ2v) is 10.2. The number of unbranched alkanes of at least 4 members (excludes halogenated alkanes) is 10. The Kier molecular flexibility index (Phi) is 16.3. The van der Waals surface area contributed by atoms with Crippen LogP contribution in [0.3, 0.4) is 0 Å². The maximum atomic E-state index is 2.60. The van der Waals surface area contributed by atoms with Crippen LogP contribution in [0.25, 0.3) is 0 Å². The van der Waals surface area contributed by atoms with Crippen LogP contribution >= 0.6 is 0 Å². The van der Waals surface area contributed by atoms with Crippen molar-refractivity contribution >= 4 is 14.4 Å². The maximum absolute atomic E-state index is 2.60. The predicted molar refractivity (Wildman–Crippen MR) is 95.8 cm³/mol. The largest absolute Gasteiger partial charge is 0.390 e. The molecule has 0 amide bonds. The molecule has 0 unspecified atom stereocenters. The first-order valence-electron chi connectivity index (χ1n) is 9.38. The summed E-state index contributed by atoms with van der Waals surface area (Å²) in [5.74, 6) is 0. The molecule has 0 aliphatic rings. The third kappa shape index (κ3) is 13.5. The van der Waals surface area contributed by atoms with Crippen LogP contribution in [0.15, 0.2) is 0 Å². The van der Waals surface area contributed by atoms with Crippen LogP contribution in [0, 0.1) is 0 Å². The fourth-order valence-electron chi connectivity index (χ4n) is 2.98. The first kappa shape index (κ1) is 20.5. The number of rotatable bonds is 15. The van der Waals surface area contributed by atoms with Gasteiger partial charge in [0.25, 0.3) is 0 Å². The van der Waals surface area contributed by atoms with Gasteiger partial charge in [0.05, 0.1) is 0 Å². The topological polar surface area (TPSA) is 3.24 Å². The fraction of sp³-hybridized carbons (Fsp3) is 1.00. The molecule has 0 bridgehead atoms. The van der Waals surface area contributed by atoms with Crippen molar-refractivity contribution in [1.82, 2.24) is 3.88 Å². The summed E-state index contributed by atoms with van der Waals surface area (Å²) in [5, 5.41) is 3.10. The Morgan fingerprint density at radius 2 is 0.900 bits per heavy atom. The van der Waals surface area contributed by atoms with Crippen LogP contribution < -0.4 is 0 Å². The molecule has 0 atom stereocenters. The first-order chi connectivity index (χ1) is 9.72. The minimum atomic E-state index is -0.591. The molecule has 120 valence electrons. The van der Waals surface area contributed by atoms with E-state index in [0.29, 0.717) is 0 Å². The zero-order valence-corrected chi connectivity index (χ0v) is 16.1. The molecule has 1 nitrogen and oxygen atoms in total. The van der Waals surface area contributed by atoms with Gasteiger partial charge >= 0.3 is 14.4 Å². The lowest BCUT2D eigenvalue weighted by atomic mass is 10.1. The average molecular weight is 298 g/mol. The van der Waals surface area contributed by atoms with E-state index in [1.807, 2.05) is 0 Å². The van der Waals surface area contributed by atoms with Crippen molar-refractivity contribution in [3.05, 3.63) is 0 Å². The standard InChI is InChI=1S/2C8H17.C2H6N.Al/c2*1-3-5-7-8-6-4-2;1-3-2;/h2*1,3-8H2,2H3;1-2H3;/q;;-1;+1. The molecule has 0 aromatic carbocycles. The van der Waals surface area contributed by atoms with Crippen LogP contribution in [0.4, 0.5) is 0 Å². The number of hydrogen-bond donors (Lipinski definition) is 0. The van der Waals surface area contributed by atoms with E-state index in [0.717, 1.165) is 0 Å². The van der Waals surface area contributed by atoms with Gasteiger partial charge in [0.15, 0.2) is 0 Å². The van der Waals surface area contributed by atoms with Gasteiger partial charge in [0.1, 0.15) is 0 Å². The molecule has 2 heteroatoms. The van der Waals surface area contributed by atoms with E-state index in [4.69, 9.17) is 0 Å². The van der Waals surface area contributed by atoms with Gasteiger partial charge < -0.3 is 3.88 Å². The lowest BCUT2D eigenvalue weighted by Crippen LogP contribution is -2.32. The average Bonchev–Trinajstić information content (AvgIpc) is 2.43. The summed E-state index contributed by atoms with van der Waals surface area (Å²) >= 11 is -0.591. The van der Waals surface area contributed by atoms with Gasteiger partial charge in [-0.05, 0) is 14.1 Å². The van der Waals surface area contributed by atoms with Gasteiger partial charge in [-0.2, -0.15) is 0 Å². The molecule has 0 aliphatic carbocycles. The zero-order valence-electron chi connectivity index (χ0n) is 14.9. The molecule has 0 N–H and O–H groups in total. The zero-order chi connectivity index (χ0) is 15.1. The molecular weight excluding hydrogens is 257 g/mol. The predicted octanol–water partition coefficient (Wildman–Crippen LogP) is 6.26. The van der Waals surface area contributed by atoms with E-state index in [1.54, 1.807) is 10.6 Å². The molecule has 0 fully saturated rings. The number of nitrogens with zero attached hydrogens (tertiary/aromatic N) is 1. The summed E-state index contributed by atoms with van der Waals surface area (Å²) in [7, 11) is 4.65. The second-order valence-electron chi connectivity index (χ2n) is 6.73. The summed E-state index contributed by atoms with van der Waals surface area (Å²) < 4.78 is 2.60. The monoisotopic (exact) mass is 297 g/mol. The third-order valence-corrected chi connectivity index (χ3v) is 8.12. The lowest BCUT2D eigenvalue weighted by Gasteiger charge is -2.19. The molecular formula is C18H40AlN. The molecule has 0 radical (unpaired) electrons. The molecule has 0 aliphatic heterocycles. The Morgan fingerprint density at radius 3 is 1.25 bits per heavy atom. The fourth-order valence-corrected chi connectivity index (χ4v) is 5.82. The quantitative estimate of drug-likeness (QED) is 0.255. The van der Waals surface area contributed by atoms with Crippen molar-refractivity contribution in [3.8, 4) is 0 Å². The normalized spacial score (nSPS) is 11.2. The summed E-state index contributed by atoms with van der Waals surface area (Å²) in [6.45, 7) is 4.60. The molecule has 0 heterocycles. The van der Waals surface area contributed by atoms with Crippen molar-refractivity contribution < 1.29 is 0 Å². The van der Waals surface area contributed by atoms with Gasteiger partial charge in [-0.3, -0.25) is 0 Å². The van der Waals surface area contributed by atoms with Crippen molar-refractivity contribution in [3.63, 3.8) is 0 Å². The van der Waals surface area contributed by atoms with Crippen molar-refractivity contribution in [1.29, 1.82) is 0 Å². The molecule has 0 rings (SSSR count). The van der Waals surface area contributed by atoms with Gasteiger partial charge in [-0.15, -0.1) is 0 Å². The van der Waals surface area contributed by atoms with Crippen molar-refractivity contribution in [2.45, 2.75) is 101 Å². The van der Waals surface area contributed by atoms with Crippen LogP contribution in [0.5, 0.6) is 0 Å². The molecule has 20 heavy (non-hydrogen) atoms. The van der Waals surface area contributed by atoms with Crippen molar-refractivity contribution in [2.75, 3.05) is 14.1 Å². The van der Waals surface area contributed by atoms with Crippen LogP contribution in [-0.4, -0.2) is 32.3 Å². The van der Waals surface area contributed by atoms with Gasteiger partial charge in [-0.25, -0.2) is 0 Å². The smallest absolute Gasteiger partial charge is 0.372 e. The van der Waals surface area contributed by atoms with E-state index in [9.17, 15) is 0 Å². The van der Waals surface area contributed by atoms with E-state index >= 15 is 0 Å². The van der Waals surface area contributed by atoms with E-state index in [1.165, 1.54) is 77.0 Å². The van der Waals surface area contributed by atoms with Gasteiger partial charge in [0.2, 0.25) is 0 Å². The Balaban J connectivity index is 3.51. The molecule has 0 aromatic rings. The Morgan fingerprint density at radius 1 is 0.550 bits per heavy atom. The van der Waals surface area contributed by atoms with Crippen molar-refractivity contribution in [2.24, 2.45) is 0 Å². The first-order valence-corrected chi connectivity index (χ1v) is 11.5. The Hall–Kier alpha value is 0.492. The Labute approximate surface area is 134 Å². The van der Waals surface area contributed by atoms with Gasteiger partial charge in [-0.1, -0.05) is 101 Å². The van der Waals surface area contributed by atoms with E-state index < -0.39 is 14.4 Å². The number of hydrogen-bond acceptors (Lipinski definition) is 1. The molecule has 0 spiro atoms. The summed E-state index contributed by atoms with van der Waals surface area (Å²) in [6.07, 6.45) is 17.4. The lowest BCUT2D eigenvalue weighted by molar-refractivity contribution is 0.584. The second kappa shape index (κ2) is 15.9. The van der Waals surface area contributed by atoms with Crippen LogP contribution in [0.2, 0.25) is 10.6 Å². The van der Waals surface area contributed by atoms with Crippen LogP contribution in [0.1, 0.15) is 90.9 Å². The maximum Gasteiger partial charge on any atom is 0.372 e. The summed E-state index contributed by atoms with van der Waals surface area (Å²) in [4.78, 5) is 0. The molecule has 0 saturated carbocycles. The Bertz CT molecular complexity index is 166. The minimum Gasteiger partial charge on any atom is -0.390 e. The molecule has 0 saturated heterocycles. The van der Waals surface area contributed by atoms with E-state index in [-0.39, 0.29) is 0 Å². The highest BCUT2D eigenvalue weighted by atomic mass is 27.2. The molecule has 0 aromatic heterocycles. The highest BCUT2D eigenvalue weighted by Crippen LogP contribution is 2.16. The SMILES string of the molecule is CCCCCCC[CH2][Al]([CH2]CCCCCCC)[N](C)C.